The minimum absolute atomic E-state index is 0.384. The summed E-state index contributed by atoms with van der Waals surface area (Å²) >= 11 is 3.27. The van der Waals surface area contributed by atoms with E-state index in [9.17, 15) is 0 Å². The van der Waals surface area contributed by atoms with Crippen LogP contribution in [-0.4, -0.2) is 0 Å². The second-order valence-corrected chi connectivity index (χ2v) is 4.30. The number of nitrogens with two attached hydrogens (primary N) is 1. The maximum atomic E-state index is 9.08. The lowest BCUT2D eigenvalue weighted by Gasteiger charge is -2.02. The lowest BCUT2D eigenvalue weighted by Crippen LogP contribution is -1.89. The molecule has 88 valence electrons. The summed E-state index contributed by atoms with van der Waals surface area (Å²) in [6, 6.07) is 14.7. The van der Waals surface area contributed by atoms with Gasteiger partial charge in [-0.3, -0.25) is 0 Å². The fourth-order valence-electron chi connectivity index (χ4n) is 1.38. The van der Waals surface area contributed by atoms with Crippen LogP contribution < -0.4 is 5.73 Å². The second kappa shape index (κ2) is 5.43. The van der Waals surface area contributed by atoms with Gasteiger partial charge in [-0.1, -0.05) is 18.2 Å². The predicted octanol–water partition coefficient (Wildman–Crippen LogP) is 4.32. The highest BCUT2D eigenvalue weighted by atomic mass is 79.9. The Morgan fingerprint density at radius 2 is 1.78 bits per heavy atom. The maximum Gasteiger partial charge on any atom is 0.105 e. The lowest BCUT2D eigenvalue weighted by atomic mass is 10.2. The number of rotatable bonds is 2. The molecule has 0 aromatic heterocycles. The Morgan fingerprint density at radius 3 is 2.44 bits per heavy atom. The minimum atomic E-state index is 0.384. The third-order valence-corrected chi connectivity index (χ3v) is 3.15. The van der Waals surface area contributed by atoms with E-state index in [1.165, 1.54) is 0 Å². The Kier molecular flexibility index (Phi) is 3.70. The van der Waals surface area contributed by atoms with Crippen molar-refractivity contribution in [3.63, 3.8) is 0 Å². The minimum Gasteiger partial charge on any atom is -0.398 e. The molecule has 0 unspecified atom stereocenters. The average molecular weight is 301 g/mol. The number of benzene rings is 2. The van der Waals surface area contributed by atoms with E-state index in [1.54, 1.807) is 12.1 Å². The van der Waals surface area contributed by atoms with E-state index in [-0.39, 0.29) is 0 Å². The predicted molar refractivity (Wildman–Crippen MR) is 73.9 cm³/mol. The topological polar surface area (TPSA) is 74.5 Å². The van der Waals surface area contributed by atoms with E-state index < -0.39 is 0 Å². The highest BCUT2D eigenvalue weighted by Gasteiger charge is 2.08. The quantitative estimate of drug-likeness (QED) is 0.662. The Bertz CT molecular complexity index is 629. The first-order valence-electron chi connectivity index (χ1n) is 5.17. The molecule has 0 aliphatic carbocycles. The van der Waals surface area contributed by atoms with E-state index in [2.05, 4.69) is 32.2 Å². The molecule has 2 rings (SSSR count). The number of halogens is 1. The zero-order chi connectivity index (χ0) is 13.0. The van der Waals surface area contributed by atoms with Crippen molar-refractivity contribution in [2.75, 3.05) is 5.73 Å². The van der Waals surface area contributed by atoms with Gasteiger partial charge in [0.15, 0.2) is 0 Å². The van der Waals surface area contributed by atoms with E-state index in [0.29, 0.717) is 21.4 Å². The average Bonchev–Trinajstić information content (AvgIpc) is 2.41. The summed E-state index contributed by atoms with van der Waals surface area (Å²) in [5.41, 5.74) is 7.81. The van der Waals surface area contributed by atoms with Gasteiger partial charge in [0, 0.05) is 5.69 Å². The maximum absolute atomic E-state index is 9.08. The van der Waals surface area contributed by atoms with Crippen LogP contribution in [0.1, 0.15) is 5.56 Å². The Morgan fingerprint density at radius 1 is 1.06 bits per heavy atom. The van der Waals surface area contributed by atoms with Gasteiger partial charge in [0.1, 0.15) is 11.8 Å². The van der Waals surface area contributed by atoms with E-state index in [0.717, 1.165) is 5.69 Å². The van der Waals surface area contributed by atoms with Crippen LogP contribution in [0.3, 0.4) is 0 Å². The molecule has 0 bridgehead atoms. The Balaban J connectivity index is 2.39. The zero-order valence-corrected chi connectivity index (χ0v) is 10.9. The van der Waals surface area contributed by atoms with Gasteiger partial charge in [-0.25, -0.2) is 0 Å². The third kappa shape index (κ3) is 2.55. The molecule has 2 aromatic carbocycles. The third-order valence-electron chi connectivity index (χ3n) is 2.29. The van der Waals surface area contributed by atoms with Crippen LogP contribution in [0.2, 0.25) is 0 Å². The first-order valence-corrected chi connectivity index (χ1v) is 5.96. The van der Waals surface area contributed by atoms with Crippen molar-refractivity contribution in [3.8, 4) is 6.07 Å². The molecule has 0 radical (unpaired) electrons. The van der Waals surface area contributed by atoms with E-state index in [4.69, 9.17) is 11.0 Å². The van der Waals surface area contributed by atoms with Gasteiger partial charge in [-0.2, -0.15) is 10.4 Å². The molecule has 4 nitrogen and oxygen atoms in total. The molecule has 0 saturated heterocycles. The summed E-state index contributed by atoms with van der Waals surface area (Å²) in [4.78, 5) is 0. The van der Waals surface area contributed by atoms with Gasteiger partial charge in [0.05, 0.1) is 15.7 Å². The van der Waals surface area contributed by atoms with Crippen molar-refractivity contribution in [2.24, 2.45) is 10.2 Å². The summed E-state index contributed by atoms with van der Waals surface area (Å²) in [5.74, 6) is 0. The van der Waals surface area contributed by atoms with Crippen molar-refractivity contribution >= 4 is 33.0 Å². The summed E-state index contributed by atoms with van der Waals surface area (Å²) in [6.45, 7) is 0. The molecule has 0 spiro atoms. The summed E-state index contributed by atoms with van der Waals surface area (Å²) in [6.07, 6.45) is 0. The van der Waals surface area contributed by atoms with Gasteiger partial charge in [0.25, 0.3) is 0 Å². The number of nitrogen functional groups attached to an aromatic ring is 1. The molecule has 5 heteroatoms. The summed E-state index contributed by atoms with van der Waals surface area (Å²) in [5, 5.41) is 17.2. The molecule has 2 aromatic rings. The van der Waals surface area contributed by atoms with E-state index in [1.807, 2.05) is 30.3 Å². The first kappa shape index (κ1) is 12.3. The summed E-state index contributed by atoms with van der Waals surface area (Å²) < 4.78 is 0.550. The number of anilines is 1. The first-order chi connectivity index (χ1) is 8.72. The van der Waals surface area contributed by atoms with Crippen LogP contribution in [0.25, 0.3) is 0 Å². The van der Waals surface area contributed by atoms with Gasteiger partial charge in [-0.15, -0.1) is 5.11 Å². The van der Waals surface area contributed by atoms with Gasteiger partial charge in [-0.05, 0) is 40.2 Å². The van der Waals surface area contributed by atoms with Crippen molar-refractivity contribution in [1.82, 2.24) is 0 Å². The van der Waals surface area contributed by atoms with Crippen LogP contribution >= 0.6 is 15.9 Å². The smallest absolute Gasteiger partial charge is 0.105 e. The molecular formula is C13H9BrN4. The second-order valence-electron chi connectivity index (χ2n) is 3.51. The van der Waals surface area contributed by atoms with Gasteiger partial charge in [0.2, 0.25) is 0 Å². The Hall–Kier alpha value is -2.19. The molecule has 18 heavy (non-hydrogen) atoms. The standard InChI is InChI=1S/C13H9BrN4/c14-13-10(8-15)12(7-6-11(13)16)18-17-9-4-2-1-3-5-9/h1-7H,16H2/b18-17+. The highest BCUT2D eigenvalue weighted by Crippen LogP contribution is 2.32. The summed E-state index contributed by atoms with van der Waals surface area (Å²) in [7, 11) is 0. The molecule has 0 amide bonds. The van der Waals surface area contributed by atoms with Crippen molar-refractivity contribution in [1.29, 1.82) is 5.26 Å². The molecule has 0 atom stereocenters. The highest BCUT2D eigenvalue weighted by molar-refractivity contribution is 9.10. The number of hydrogen-bond acceptors (Lipinski definition) is 4. The SMILES string of the molecule is N#Cc1c(/N=N/c2ccccc2)ccc(N)c1Br. The van der Waals surface area contributed by atoms with Crippen LogP contribution in [0, 0.1) is 11.3 Å². The Labute approximate surface area is 113 Å². The van der Waals surface area contributed by atoms with Crippen LogP contribution in [0.4, 0.5) is 17.1 Å². The fraction of sp³-hybridized carbons (Fsp3) is 0. The molecular weight excluding hydrogens is 292 g/mol. The van der Waals surface area contributed by atoms with Crippen molar-refractivity contribution in [2.45, 2.75) is 0 Å². The van der Waals surface area contributed by atoms with Crippen molar-refractivity contribution in [3.05, 3.63) is 52.5 Å². The number of azo groups is 1. The number of nitriles is 1. The van der Waals surface area contributed by atoms with Gasteiger partial charge < -0.3 is 5.73 Å². The monoisotopic (exact) mass is 300 g/mol. The molecule has 0 heterocycles. The molecule has 0 saturated carbocycles. The van der Waals surface area contributed by atoms with Crippen LogP contribution in [-0.2, 0) is 0 Å². The van der Waals surface area contributed by atoms with Crippen LogP contribution in [0.5, 0.6) is 0 Å². The molecule has 0 aliphatic rings. The van der Waals surface area contributed by atoms with Crippen molar-refractivity contribution < 1.29 is 0 Å². The van der Waals surface area contributed by atoms with Gasteiger partial charge >= 0.3 is 0 Å². The fourth-order valence-corrected chi connectivity index (χ4v) is 1.80. The molecule has 0 aliphatic heterocycles. The molecule has 2 N–H and O–H groups in total. The van der Waals surface area contributed by atoms with E-state index >= 15 is 0 Å². The zero-order valence-electron chi connectivity index (χ0n) is 9.34. The lowest BCUT2D eigenvalue weighted by molar-refractivity contribution is 1.22. The molecule has 0 fully saturated rings. The number of hydrogen-bond donors (Lipinski definition) is 1. The number of nitrogens with zero attached hydrogens (tertiary/aromatic N) is 3. The largest absolute Gasteiger partial charge is 0.398 e. The normalized spacial score (nSPS) is 10.4. The van der Waals surface area contributed by atoms with Crippen LogP contribution in [0.15, 0.2) is 57.2 Å².